The standard InChI is InChI=1S/C26H15NO/c1-3-10-18-15(7-1)16-8-2-4-11-20(16)26-23(18)24-22(28-26)14-13-19-17-9-5-6-12-21(17)27-25(19)24/h1-14,27H. The van der Waals surface area contributed by atoms with Crippen molar-refractivity contribution in [2.75, 3.05) is 0 Å². The number of furan rings is 1. The summed E-state index contributed by atoms with van der Waals surface area (Å²) in [6.45, 7) is 0. The predicted octanol–water partition coefficient (Wildman–Crippen LogP) is 7.53. The fourth-order valence-electron chi connectivity index (χ4n) is 4.81. The molecule has 0 unspecified atom stereocenters. The fourth-order valence-corrected chi connectivity index (χ4v) is 4.81. The molecule has 0 aliphatic rings. The van der Waals surface area contributed by atoms with Gasteiger partial charge in [0.1, 0.15) is 11.2 Å². The Kier molecular flexibility index (Phi) is 2.52. The second-order valence-corrected chi connectivity index (χ2v) is 7.43. The van der Waals surface area contributed by atoms with Crippen molar-refractivity contribution in [3.63, 3.8) is 0 Å². The molecule has 0 aliphatic carbocycles. The van der Waals surface area contributed by atoms with Crippen LogP contribution in [0.1, 0.15) is 0 Å². The van der Waals surface area contributed by atoms with Gasteiger partial charge in [-0.15, -0.1) is 0 Å². The Hall–Kier alpha value is -3.78. The molecule has 0 saturated carbocycles. The molecule has 0 aliphatic heterocycles. The number of hydrogen-bond acceptors (Lipinski definition) is 1. The van der Waals surface area contributed by atoms with Crippen LogP contribution in [0.3, 0.4) is 0 Å². The Labute approximate surface area is 160 Å². The van der Waals surface area contributed by atoms with Crippen molar-refractivity contribution < 1.29 is 4.42 Å². The quantitative estimate of drug-likeness (QED) is 0.279. The van der Waals surface area contributed by atoms with E-state index in [9.17, 15) is 0 Å². The molecule has 5 aromatic carbocycles. The van der Waals surface area contributed by atoms with Crippen LogP contribution in [0.2, 0.25) is 0 Å². The van der Waals surface area contributed by atoms with Crippen molar-refractivity contribution in [2.45, 2.75) is 0 Å². The Morgan fingerprint density at radius 1 is 0.500 bits per heavy atom. The normalized spacial score (nSPS) is 12.3. The molecule has 0 amide bonds. The molecule has 0 atom stereocenters. The van der Waals surface area contributed by atoms with Crippen molar-refractivity contribution in [2.24, 2.45) is 0 Å². The van der Waals surface area contributed by atoms with E-state index in [1.54, 1.807) is 0 Å². The van der Waals surface area contributed by atoms with Gasteiger partial charge in [0.15, 0.2) is 0 Å². The molecule has 2 heterocycles. The van der Waals surface area contributed by atoms with Crippen LogP contribution in [0.4, 0.5) is 0 Å². The van der Waals surface area contributed by atoms with Gasteiger partial charge in [-0.05, 0) is 34.4 Å². The van der Waals surface area contributed by atoms with Crippen LogP contribution < -0.4 is 0 Å². The third-order valence-corrected chi connectivity index (χ3v) is 5.99. The van der Waals surface area contributed by atoms with Crippen LogP contribution in [0.5, 0.6) is 0 Å². The Bertz CT molecular complexity index is 1720. The maximum Gasteiger partial charge on any atom is 0.143 e. The third-order valence-electron chi connectivity index (χ3n) is 5.99. The highest BCUT2D eigenvalue weighted by atomic mass is 16.3. The van der Waals surface area contributed by atoms with E-state index >= 15 is 0 Å². The molecule has 2 nitrogen and oxygen atoms in total. The Morgan fingerprint density at radius 3 is 1.96 bits per heavy atom. The molecule has 0 radical (unpaired) electrons. The van der Waals surface area contributed by atoms with Crippen LogP contribution in [0.25, 0.3) is 65.3 Å². The molecule has 7 aromatic rings. The van der Waals surface area contributed by atoms with Gasteiger partial charge in [0, 0.05) is 27.1 Å². The average molecular weight is 357 g/mol. The lowest BCUT2D eigenvalue weighted by Gasteiger charge is -2.06. The van der Waals surface area contributed by atoms with Gasteiger partial charge in [0.25, 0.3) is 0 Å². The minimum atomic E-state index is 0.926. The van der Waals surface area contributed by atoms with Gasteiger partial charge in [-0.1, -0.05) is 66.7 Å². The molecular weight excluding hydrogens is 342 g/mol. The number of benzene rings is 5. The lowest BCUT2D eigenvalue weighted by molar-refractivity contribution is 0.673. The molecule has 0 spiro atoms. The zero-order valence-corrected chi connectivity index (χ0v) is 15.0. The summed E-state index contributed by atoms with van der Waals surface area (Å²) in [6, 6.07) is 29.9. The van der Waals surface area contributed by atoms with Crippen molar-refractivity contribution in [3.8, 4) is 0 Å². The summed E-state index contributed by atoms with van der Waals surface area (Å²) in [7, 11) is 0. The van der Waals surface area contributed by atoms with Gasteiger partial charge in [0.2, 0.25) is 0 Å². The number of nitrogens with one attached hydrogen (secondary N) is 1. The molecule has 0 bridgehead atoms. The molecule has 2 heteroatoms. The van der Waals surface area contributed by atoms with Crippen molar-refractivity contribution in [1.82, 2.24) is 4.98 Å². The minimum absolute atomic E-state index is 0.926. The predicted molar refractivity (Wildman–Crippen MR) is 118 cm³/mol. The molecule has 0 saturated heterocycles. The summed E-state index contributed by atoms with van der Waals surface area (Å²) in [6.07, 6.45) is 0. The van der Waals surface area contributed by atoms with Crippen molar-refractivity contribution in [3.05, 3.63) is 84.9 Å². The van der Waals surface area contributed by atoms with Crippen LogP contribution in [0.15, 0.2) is 89.3 Å². The van der Waals surface area contributed by atoms with E-state index in [-0.39, 0.29) is 0 Å². The van der Waals surface area contributed by atoms with Crippen LogP contribution in [-0.4, -0.2) is 4.98 Å². The SMILES string of the molecule is c1ccc2c(c1)[nH]c1c2ccc2oc3c4ccccc4c4ccccc4c3c21. The van der Waals surface area contributed by atoms with Gasteiger partial charge >= 0.3 is 0 Å². The van der Waals surface area contributed by atoms with Gasteiger partial charge in [0.05, 0.1) is 10.9 Å². The number of H-pyrrole nitrogens is 1. The summed E-state index contributed by atoms with van der Waals surface area (Å²) in [5, 5.41) is 9.76. The highest BCUT2D eigenvalue weighted by molar-refractivity contribution is 6.34. The number of para-hydroxylation sites is 1. The zero-order chi connectivity index (χ0) is 18.2. The molecular formula is C26H15NO. The van der Waals surface area contributed by atoms with E-state index in [0.717, 1.165) is 27.6 Å². The van der Waals surface area contributed by atoms with E-state index in [4.69, 9.17) is 4.42 Å². The monoisotopic (exact) mass is 357 g/mol. The Morgan fingerprint density at radius 2 is 1.14 bits per heavy atom. The summed E-state index contributed by atoms with van der Waals surface area (Å²) < 4.78 is 6.46. The van der Waals surface area contributed by atoms with E-state index < -0.39 is 0 Å². The molecule has 7 rings (SSSR count). The maximum atomic E-state index is 6.46. The summed E-state index contributed by atoms with van der Waals surface area (Å²) in [5.41, 5.74) is 4.20. The second-order valence-electron chi connectivity index (χ2n) is 7.43. The average Bonchev–Trinajstić information content (AvgIpc) is 3.32. The van der Waals surface area contributed by atoms with Crippen molar-refractivity contribution >= 4 is 65.3 Å². The first-order valence-electron chi connectivity index (χ1n) is 9.55. The molecule has 1 N–H and O–H groups in total. The van der Waals surface area contributed by atoms with E-state index in [1.807, 2.05) is 0 Å². The van der Waals surface area contributed by atoms with Crippen LogP contribution >= 0.6 is 0 Å². The number of fused-ring (bicyclic) bond motifs is 12. The highest BCUT2D eigenvalue weighted by Gasteiger charge is 2.18. The number of hydrogen-bond donors (Lipinski definition) is 1. The summed E-state index contributed by atoms with van der Waals surface area (Å²) in [5.74, 6) is 0. The van der Waals surface area contributed by atoms with Gasteiger partial charge < -0.3 is 9.40 Å². The van der Waals surface area contributed by atoms with Gasteiger partial charge in [-0.25, -0.2) is 0 Å². The number of rotatable bonds is 0. The van der Waals surface area contributed by atoms with Crippen molar-refractivity contribution in [1.29, 1.82) is 0 Å². The van der Waals surface area contributed by atoms with E-state index in [1.165, 1.54) is 37.7 Å². The van der Waals surface area contributed by atoms with Crippen LogP contribution in [-0.2, 0) is 0 Å². The number of aromatic amines is 1. The molecule has 2 aromatic heterocycles. The van der Waals surface area contributed by atoms with E-state index in [2.05, 4.69) is 89.9 Å². The molecule has 28 heavy (non-hydrogen) atoms. The molecule has 0 fully saturated rings. The first kappa shape index (κ1) is 14.3. The Balaban J connectivity index is 1.87. The van der Waals surface area contributed by atoms with Gasteiger partial charge in [-0.2, -0.15) is 0 Å². The first-order valence-corrected chi connectivity index (χ1v) is 9.55. The summed E-state index contributed by atoms with van der Waals surface area (Å²) in [4.78, 5) is 3.65. The van der Waals surface area contributed by atoms with Crippen LogP contribution in [0, 0.1) is 0 Å². The second kappa shape index (κ2) is 4.93. The minimum Gasteiger partial charge on any atom is -0.455 e. The largest absolute Gasteiger partial charge is 0.455 e. The maximum absolute atomic E-state index is 6.46. The topological polar surface area (TPSA) is 28.9 Å². The third kappa shape index (κ3) is 1.64. The fraction of sp³-hybridized carbons (Fsp3) is 0. The lowest BCUT2D eigenvalue weighted by atomic mass is 9.96. The zero-order valence-electron chi connectivity index (χ0n) is 15.0. The first-order chi connectivity index (χ1) is 13.9. The van der Waals surface area contributed by atoms with E-state index in [0.29, 0.717) is 0 Å². The summed E-state index contributed by atoms with van der Waals surface area (Å²) >= 11 is 0. The van der Waals surface area contributed by atoms with Gasteiger partial charge in [-0.3, -0.25) is 0 Å². The lowest BCUT2D eigenvalue weighted by Crippen LogP contribution is -1.80. The molecule has 130 valence electrons. The smallest absolute Gasteiger partial charge is 0.143 e. The number of aromatic nitrogens is 1. The highest BCUT2D eigenvalue weighted by Crippen LogP contribution is 2.43.